The van der Waals surface area contributed by atoms with Crippen molar-refractivity contribution in [2.24, 2.45) is 0 Å². The molecule has 1 aromatic rings. The maximum absolute atomic E-state index is 10.7. The van der Waals surface area contributed by atoms with Gasteiger partial charge in [-0.2, -0.15) is 0 Å². The Morgan fingerprint density at radius 2 is 2.00 bits per heavy atom. The van der Waals surface area contributed by atoms with E-state index in [-0.39, 0.29) is 6.42 Å². The zero-order valence-corrected chi connectivity index (χ0v) is 13.5. The number of aliphatic carboxylic acids is 1. The Labute approximate surface area is 133 Å². The first-order valence-corrected chi connectivity index (χ1v) is 7.98. The average Bonchev–Trinajstić information content (AvgIpc) is 2.52. The number of carbonyl (C=O) groups is 1. The summed E-state index contributed by atoms with van der Waals surface area (Å²) in [6.07, 6.45) is 6.66. The normalized spacial score (nSPS) is 10.2. The molecule has 1 aromatic carbocycles. The van der Waals surface area contributed by atoms with Crippen molar-refractivity contribution in [1.29, 1.82) is 0 Å². The van der Waals surface area contributed by atoms with Gasteiger partial charge in [0.2, 0.25) is 0 Å². The molecule has 0 aromatic heterocycles. The summed E-state index contributed by atoms with van der Waals surface area (Å²) in [5.74, 6) is 0.0677. The molecule has 0 spiro atoms. The molecule has 4 heteroatoms. The molecule has 0 saturated heterocycles. The average molecular weight is 305 g/mol. The van der Waals surface area contributed by atoms with E-state index in [9.17, 15) is 4.79 Å². The number of carboxylic acid groups (broad SMARTS) is 1. The van der Waals surface area contributed by atoms with Crippen LogP contribution in [0.3, 0.4) is 0 Å². The second-order valence-corrected chi connectivity index (χ2v) is 5.28. The molecule has 0 aliphatic carbocycles. The maximum Gasteiger partial charge on any atom is 0.305 e. The molecule has 0 saturated carbocycles. The van der Waals surface area contributed by atoms with Crippen LogP contribution >= 0.6 is 0 Å². The molecule has 1 N–H and O–H groups in total. The molecule has 0 aliphatic rings. The lowest BCUT2D eigenvalue weighted by atomic mass is 10.2. The molecule has 0 amide bonds. The van der Waals surface area contributed by atoms with Crippen molar-refractivity contribution in [1.82, 2.24) is 0 Å². The summed E-state index contributed by atoms with van der Waals surface area (Å²) < 4.78 is 5.71. The van der Waals surface area contributed by atoms with Crippen LogP contribution in [0.1, 0.15) is 39.0 Å². The number of hydrogen-bond acceptors (Lipinski definition) is 3. The molecule has 0 unspecified atom stereocenters. The third-order valence-electron chi connectivity index (χ3n) is 3.41. The van der Waals surface area contributed by atoms with Crippen molar-refractivity contribution in [3.05, 3.63) is 36.9 Å². The van der Waals surface area contributed by atoms with Crippen LogP contribution in [-0.4, -0.2) is 30.8 Å². The topological polar surface area (TPSA) is 49.8 Å². The van der Waals surface area contributed by atoms with Gasteiger partial charge in [0.05, 0.1) is 13.0 Å². The summed E-state index contributed by atoms with van der Waals surface area (Å²) in [5.41, 5.74) is 0.986. The lowest BCUT2D eigenvalue weighted by Crippen LogP contribution is -2.26. The van der Waals surface area contributed by atoms with Gasteiger partial charge in [-0.05, 0) is 30.7 Å². The van der Waals surface area contributed by atoms with Crippen LogP contribution in [0.5, 0.6) is 5.75 Å². The van der Waals surface area contributed by atoms with Crippen molar-refractivity contribution < 1.29 is 14.6 Å². The van der Waals surface area contributed by atoms with E-state index in [2.05, 4.69) is 13.5 Å². The Hall–Kier alpha value is -1.97. The van der Waals surface area contributed by atoms with Gasteiger partial charge in [-0.15, -0.1) is 6.58 Å². The van der Waals surface area contributed by atoms with Gasteiger partial charge in [-0.25, -0.2) is 0 Å². The highest BCUT2D eigenvalue weighted by Gasteiger charge is 2.07. The molecular weight excluding hydrogens is 278 g/mol. The minimum atomic E-state index is -0.791. The Kier molecular flexibility index (Phi) is 8.80. The number of nitrogens with zero attached hydrogens (tertiary/aromatic N) is 1. The first kappa shape index (κ1) is 18.1. The molecule has 0 radical (unpaired) electrons. The first-order valence-electron chi connectivity index (χ1n) is 7.98. The van der Waals surface area contributed by atoms with Crippen LogP contribution in [0.4, 0.5) is 5.69 Å². The summed E-state index contributed by atoms with van der Waals surface area (Å²) in [4.78, 5) is 12.7. The standard InChI is InChI=1S/C18H27NO3/c1-3-5-6-7-15-22-17-10-8-16(9-11-17)19(13-4-2)14-12-18(20)21/h4,8-11H,2-3,5-7,12-15H2,1H3,(H,20,21). The lowest BCUT2D eigenvalue weighted by molar-refractivity contribution is -0.136. The Balaban J connectivity index is 2.49. The predicted octanol–water partition coefficient (Wildman–Crippen LogP) is 4.11. The van der Waals surface area contributed by atoms with E-state index in [0.29, 0.717) is 13.1 Å². The van der Waals surface area contributed by atoms with Gasteiger partial charge in [-0.1, -0.05) is 32.3 Å². The second-order valence-electron chi connectivity index (χ2n) is 5.28. The van der Waals surface area contributed by atoms with Crippen molar-refractivity contribution >= 4 is 11.7 Å². The molecule has 4 nitrogen and oxygen atoms in total. The predicted molar refractivity (Wildman–Crippen MR) is 90.7 cm³/mol. The van der Waals surface area contributed by atoms with Crippen LogP contribution < -0.4 is 9.64 Å². The van der Waals surface area contributed by atoms with Gasteiger partial charge in [0.15, 0.2) is 0 Å². The summed E-state index contributed by atoms with van der Waals surface area (Å²) >= 11 is 0. The van der Waals surface area contributed by atoms with E-state index in [1.54, 1.807) is 6.08 Å². The quantitative estimate of drug-likeness (QED) is 0.466. The van der Waals surface area contributed by atoms with Gasteiger partial charge < -0.3 is 14.7 Å². The molecule has 0 aliphatic heterocycles. The monoisotopic (exact) mass is 305 g/mol. The number of unbranched alkanes of at least 4 members (excludes halogenated alkanes) is 3. The number of carboxylic acids is 1. The second kappa shape index (κ2) is 10.7. The number of anilines is 1. The van der Waals surface area contributed by atoms with E-state index in [1.807, 2.05) is 29.2 Å². The van der Waals surface area contributed by atoms with Gasteiger partial charge in [-0.3, -0.25) is 4.79 Å². The minimum absolute atomic E-state index is 0.115. The molecule has 0 atom stereocenters. The van der Waals surface area contributed by atoms with Gasteiger partial charge in [0.1, 0.15) is 5.75 Å². The van der Waals surface area contributed by atoms with Crippen LogP contribution in [0.25, 0.3) is 0 Å². The summed E-state index contributed by atoms with van der Waals surface area (Å²) in [6.45, 7) is 7.76. The summed E-state index contributed by atoms with van der Waals surface area (Å²) in [5, 5.41) is 8.81. The van der Waals surface area contributed by atoms with Crippen molar-refractivity contribution in [3.8, 4) is 5.75 Å². The van der Waals surface area contributed by atoms with Crippen LogP contribution in [0, 0.1) is 0 Å². The molecule has 0 bridgehead atoms. The highest BCUT2D eigenvalue weighted by atomic mass is 16.5. The SMILES string of the molecule is C=CCN(CCC(=O)O)c1ccc(OCCCCCC)cc1. The summed E-state index contributed by atoms with van der Waals surface area (Å²) in [6, 6.07) is 7.80. The minimum Gasteiger partial charge on any atom is -0.494 e. The maximum atomic E-state index is 10.7. The Morgan fingerprint density at radius 1 is 1.27 bits per heavy atom. The zero-order valence-electron chi connectivity index (χ0n) is 13.5. The Morgan fingerprint density at radius 3 is 2.59 bits per heavy atom. The third kappa shape index (κ3) is 7.16. The van der Waals surface area contributed by atoms with Gasteiger partial charge in [0.25, 0.3) is 0 Å². The largest absolute Gasteiger partial charge is 0.494 e. The fourth-order valence-corrected chi connectivity index (χ4v) is 2.18. The van der Waals surface area contributed by atoms with E-state index < -0.39 is 5.97 Å². The highest BCUT2D eigenvalue weighted by Crippen LogP contribution is 2.20. The van der Waals surface area contributed by atoms with Crippen LogP contribution in [0.2, 0.25) is 0 Å². The number of ether oxygens (including phenoxy) is 1. The smallest absolute Gasteiger partial charge is 0.305 e. The molecule has 1 rings (SSSR count). The number of hydrogen-bond donors (Lipinski definition) is 1. The van der Waals surface area contributed by atoms with Crippen molar-refractivity contribution in [2.45, 2.75) is 39.0 Å². The zero-order chi connectivity index (χ0) is 16.2. The molecule has 0 heterocycles. The highest BCUT2D eigenvalue weighted by molar-refractivity contribution is 5.67. The molecule has 122 valence electrons. The van der Waals surface area contributed by atoms with E-state index in [4.69, 9.17) is 9.84 Å². The first-order chi connectivity index (χ1) is 10.7. The van der Waals surface area contributed by atoms with Crippen LogP contribution in [-0.2, 0) is 4.79 Å². The Bertz CT molecular complexity index is 442. The van der Waals surface area contributed by atoms with Gasteiger partial charge >= 0.3 is 5.97 Å². The van der Waals surface area contributed by atoms with Crippen molar-refractivity contribution in [2.75, 3.05) is 24.6 Å². The number of rotatable bonds is 12. The molecular formula is C18H27NO3. The van der Waals surface area contributed by atoms with Gasteiger partial charge in [0, 0.05) is 18.8 Å². The summed E-state index contributed by atoms with van der Waals surface area (Å²) in [7, 11) is 0. The fourth-order valence-electron chi connectivity index (χ4n) is 2.18. The molecule has 22 heavy (non-hydrogen) atoms. The number of benzene rings is 1. The lowest BCUT2D eigenvalue weighted by Gasteiger charge is -2.22. The van der Waals surface area contributed by atoms with Crippen molar-refractivity contribution in [3.63, 3.8) is 0 Å². The molecule has 0 fully saturated rings. The fraction of sp³-hybridized carbons (Fsp3) is 0.500. The van der Waals surface area contributed by atoms with E-state index in [1.165, 1.54) is 19.3 Å². The van der Waals surface area contributed by atoms with Crippen LogP contribution in [0.15, 0.2) is 36.9 Å². The van der Waals surface area contributed by atoms with E-state index in [0.717, 1.165) is 24.5 Å². The van der Waals surface area contributed by atoms with E-state index >= 15 is 0 Å². The third-order valence-corrected chi connectivity index (χ3v) is 3.41.